The van der Waals surface area contributed by atoms with Crippen LogP contribution in [0.4, 0.5) is 5.69 Å². The van der Waals surface area contributed by atoms with Crippen molar-refractivity contribution in [1.82, 2.24) is 14.9 Å². The number of hydrogen-bond acceptors (Lipinski definition) is 4. The summed E-state index contributed by atoms with van der Waals surface area (Å²) in [6, 6.07) is 7.46. The number of rotatable bonds is 5. The van der Waals surface area contributed by atoms with E-state index in [9.17, 15) is 9.59 Å². The molecule has 0 atom stereocenters. The second kappa shape index (κ2) is 8.01. The van der Waals surface area contributed by atoms with Gasteiger partial charge in [0.2, 0.25) is 0 Å². The molecule has 2 N–H and O–H groups in total. The van der Waals surface area contributed by atoms with Crippen LogP contribution in [0.15, 0.2) is 47.9 Å². The van der Waals surface area contributed by atoms with Crippen LogP contribution in [0.2, 0.25) is 0 Å². The predicted molar refractivity (Wildman–Crippen MR) is 95.9 cm³/mol. The maximum atomic E-state index is 11.9. The lowest BCUT2D eigenvalue weighted by molar-refractivity contribution is -0.136. The predicted octanol–water partition coefficient (Wildman–Crippen LogP) is 2.53. The Labute approximate surface area is 146 Å². The molecule has 1 heterocycles. The molecule has 0 radical (unpaired) electrons. The van der Waals surface area contributed by atoms with Gasteiger partial charge in [0.15, 0.2) is 0 Å². The number of amides is 2. The van der Waals surface area contributed by atoms with Gasteiger partial charge in [0.05, 0.1) is 6.33 Å². The molecule has 2 rings (SSSR count). The number of aromatic nitrogens is 2. The molecule has 0 unspecified atom stereocenters. The Balaban J connectivity index is 1.79. The molecule has 6 nitrogen and oxygen atoms in total. The van der Waals surface area contributed by atoms with Crippen molar-refractivity contribution in [3.63, 3.8) is 0 Å². The van der Waals surface area contributed by atoms with Crippen molar-refractivity contribution in [2.45, 2.75) is 37.0 Å². The van der Waals surface area contributed by atoms with E-state index >= 15 is 0 Å². The summed E-state index contributed by atoms with van der Waals surface area (Å²) in [6.45, 7) is 7.35. The van der Waals surface area contributed by atoms with Crippen molar-refractivity contribution in [2.75, 3.05) is 11.9 Å². The van der Waals surface area contributed by atoms with E-state index in [-0.39, 0.29) is 4.75 Å². The molecule has 0 aliphatic carbocycles. The Morgan fingerprint density at radius 3 is 2.46 bits per heavy atom. The molecule has 24 heavy (non-hydrogen) atoms. The fraction of sp³-hybridized carbons (Fsp3) is 0.353. The fourth-order valence-electron chi connectivity index (χ4n) is 1.95. The Morgan fingerprint density at radius 2 is 1.88 bits per heavy atom. The number of hydrogen-bond donors (Lipinski definition) is 2. The average Bonchev–Trinajstić information content (AvgIpc) is 3.01. The molecule has 1 aromatic carbocycles. The van der Waals surface area contributed by atoms with Gasteiger partial charge in [0.1, 0.15) is 0 Å². The molecule has 0 saturated carbocycles. The minimum absolute atomic E-state index is 0.125. The van der Waals surface area contributed by atoms with Gasteiger partial charge in [-0.2, -0.15) is 0 Å². The molecule has 2 amide bonds. The molecule has 0 aliphatic heterocycles. The van der Waals surface area contributed by atoms with Crippen LogP contribution in [0.5, 0.6) is 0 Å². The van der Waals surface area contributed by atoms with E-state index in [1.54, 1.807) is 42.6 Å². The molecule has 0 aliphatic rings. The number of imidazole rings is 1. The second-order valence-electron chi connectivity index (χ2n) is 6.25. The Kier molecular flexibility index (Phi) is 6.03. The highest BCUT2D eigenvalue weighted by atomic mass is 32.2. The van der Waals surface area contributed by atoms with E-state index < -0.39 is 11.8 Å². The fourth-order valence-corrected chi connectivity index (χ4v) is 2.92. The van der Waals surface area contributed by atoms with Gasteiger partial charge >= 0.3 is 11.8 Å². The summed E-state index contributed by atoms with van der Waals surface area (Å²) in [7, 11) is 0. The first kappa shape index (κ1) is 18.1. The first-order valence-corrected chi connectivity index (χ1v) is 8.49. The maximum absolute atomic E-state index is 11.9. The SMILES string of the molecule is CC(C)(C)Sc1ccc(NC(=O)C(=O)NCCn2ccnc2)cc1. The summed E-state index contributed by atoms with van der Waals surface area (Å²) in [5.74, 6) is -1.32. The lowest BCUT2D eigenvalue weighted by Crippen LogP contribution is -2.37. The zero-order valence-corrected chi connectivity index (χ0v) is 14.9. The van der Waals surface area contributed by atoms with E-state index in [4.69, 9.17) is 0 Å². The third kappa shape index (κ3) is 6.08. The van der Waals surface area contributed by atoms with E-state index in [0.717, 1.165) is 4.90 Å². The third-order valence-electron chi connectivity index (χ3n) is 2.96. The number of benzene rings is 1. The number of nitrogens with zero attached hydrogens (tertiary/aromatic N) is 2. The van der Waals surface area contributed by atoms with Gasteiger partial charge in [0.25, 0.3) is 0 Å². The van der Waals surface area contributed by atoms with Crippen molar-refractivity contribution in [3.8, 4) is 0 Å². The van der Waals surface area contributed by atoms with Crippen LogP contribution in [0.3, 0.4) is 0 Å². The first-order valence-electron chi connectivity index (χ1n) is 7.67. The summed E-state index contributed by atoms with van der Waals surface area (Å²) >= 11 is 1.74. The molecule has 1 aromatic heterocycles. The van der Waals surface area contributed by atoms with Crippen LogP contribution >= 0.6 is 11.8 Å². The standard InChI is InChI=1S/C17H22N4O2S/c1-17(2,3)24-14-6-4-13(5-7-14)20-16(23)15(22)19-9-11-21-10-8-18-12-21/h4-8,10,12H,9,11H2,1-3H3,(H,19,22)(H,20,23). The number of carbonyl (C=O) groups is 2. The smallest absolute Gasteiger partial charge is 0.313 e. The minimum Gasteiger partial charge on any atom is -0.346 e. The van der Waals surface area contributed by atoms with Gasteiger partial charge in [-0.3, -0.25) is 9.59 Å². The van der Waals surface area contributed by atoms with Gasteiger partial charge in [-0.05, 0) is 24.3 Å². The highest BCUT2D eigenvalue weighted by Gasteiger charge is 2.14. The van der Waals surface area contributed by atoms with Gasteiger partial charge in [-0.25, -0.2) is 4.98 Å². The summed E-state index contributed by atoms with van der Waals surface area (Å²) in [5.41, 5.74) is 0.600. The molecular weight excluding hydrogens is 324 g/mol. The third-order valence-corrected chi connectivity index (χ3v) is 4.08. The van der Waals surface area contributed by atoms with Gasteiger partial charge in [-0.1, -0.05) is 20.8 Å². The van der Waals surface area contributed by atoms with Crippen LogP contribution < -0.4 is 10.6 Å². The van der Waals surface area contributed by atoms with E-state index in [1.165, 1.54) is 0 Å². The summed E-state index contributed by atoms with van der Waals surface area (Å²) in [6.07, 6.45) is 5.11. The van der Waals surface area contributed by atoms with Crippen LogP contribution in [-0.2, 0) is 16.1 Å². The molecule has 0 fully saturated rings. The van der Waals surface area contributed by atoms with E-state index in [1.807, 2.05) is 16.7 Å². The van der Waals surface area contributed by atoms with Crippen molar-refractivity contribution in [3.05, 3.63) is 43.0 Å². The summed E-state index contributed by atoms with van der Waals surface area (Å²) < 4.78 is 1.95. The van der Waals surface area contributed by atoms with Crippen molar-refractivity contribution in [1.29, 1.82) is 0 Å². The number of carbonyl (C=O) groups excluding carboxylic acids is 2. The maximum Gasteiger partial charge on any atom is 0.313 e. The highest BCUT2D eigenvalue weighted by molar-refractivity contribution is 8.00. The zero-order chi connectivity index (χ0) is 17.6. The molecule has 128 valence electrons. The van der Waals surface area contributed by atoms with Crippen LogP contribution in [-0.4, -0.2) is 32.7 Å². The van der Waals surface area contributed by atoms with E-state index in [0.29, 0.717) is 18.8 Å². The Morgan fingerprint density at radius 1 is 1.17 bits per heavy atom. The second-order valence-corrected chi connectivity index (χ2v) is 8.15. The molecule has 7 heteroatoms. The molecule has 0 saturated heterocycles. The van der Waals surface area contributed by atoms with Crippen molar-refractivity contribution in [2.24, 2.45) is 0 Å². The van der Waals surface area contributed by atoms with Crippen LogP contribution in [0.1, 0.15) is 20.8 Å². The molecule has 0 bridgehead atoms. The van der Waals surface area contributed by atoms with Crippen molar-refractivity contribution < 1.29 is 9.59 Å². The molecular formula is C17H22N4O2S. The average molecular weight is 346 g/mol. The summed E-state index contributed by atoms with van der Waals surface area (Å²) in [5, 5.41) is 5.18. The minimum atomic E-state index is -0.670. The highest BCUT2D eigenvalue weighted by Crippen LogP contribution is 2.32. The quantitative estimate of drug-likeness (QED) is 0.644. The molecule has 2 aromatic rings. The van der Waals surface area contributed by atoms with Gasteiger partial charge in [0, 0.05) is 40.8 Å². The largest absolute Gasteiger partial charge is 0.346 e. The Bertz CT molecular complexity index is 676. The van der Waals surface area contributed by atoms with Crippen molar-refractivity contribution >= 4 is 29.3 Å². The van der Waals surface area contributed by atoms with Gasteiger partial charge in [-0.15, -0.1) is 11.8 Å². The zero-order valence-electron chi connectivity index (χ0n) is 14.1. The van der Waals surface area contributed by atoms with Crippen LogP contribution in [0, 0.1) is 0 Å². The number of nitrogens with one attached hydrogen (secondary N) is 2. The Hall–Kier alpha value is -2.28. The van der Waals surface area contributed by atoms with Gasteiger partial charge < -0.3 is 15.2 Å². The lowest BCUT2D eigenvalue weighted by atomic mass is 10.3. The first-order chi connectivity index (χ1) is 11.3. The number of thioether (sulfide) groups is 1. The van der Waals surface area contributed by atoms with Crippen LogP contribution in [0.25, 0.3) is 0 Å². The summed E-state index contributed by atoms with van der Waals surface area (Å²) in [4.78, 5) is 28.7. The number of anilines is 1. The molecule has 0 spiro atoms. The lowest BCUT2D eigenvalue weighted by Gasteiger charge is -2.17. The van der Waals surface area contributed by atoms with E-state index in [2.05, 4.69) is 36.4 Å². The normalized spacial score (nSPS) is 11.1. The topological polar surface area (TPSA) is 76.0 Å². The monoisotopic (exact) mass is 346 g/mol.